The van der Waals surface area contributed by atoms with Gasteiger partial charge in [0.25, 0.3) is 5.91 Å². The van der Waals surface area contributed by atoms with Crippen LogP contribution in [0.15, 0.2) is 24.3 Å². The van der Waals surface area contributed by atoms with E-state index in [1.165, 1.54) is 19.6 Å². The Kier molecular flexibility index (Phi) is 7.61. The van der Waals surface area contributed by atoms with Gasteiger partial charge in [0, 0.05) is 24.6 Å². The van der Waals surface area contributed by atoms with Gasteiger partial charge in [0.05, 0.1) is 30.1 Å². The summed E-state index contributed by atoms with van der Waals surface area (Å²) in [6, 6.07) is 2.08. The summed E-state index contributed by atoms with van der Waals surface area (Å²) in [5.74, 6) is -2.19. The second kappa shape index (κ2) is 10.7. The monoisotopic (exact) mass is 556 g/mol. The van der Waals surface area contributed by atoms with Crippen LogP contribution in [-0.4, -0.2) is 48.7 Å². The SMILES string of the molecule is C=C1C[C@@H]2C[C@H]1[C@@H](NC(=O)c1cc(OC3CCC(C)(C(=O)O)CC3)c(F)cc1OC)[C@H]2C(=O)NCC1(C)CCC1. The van der Waals surface area contributed by atoms with Gasteiger partial charge in [-0.2, -0.15) is 0 Å². The lowest BCUT2D eigenvalue weighted by molar-refractivity contribution is -0.150. The Morgan fingerprint density at radius 2 is 1.82 bits per heavy atom. The minimum absolute atomic E-state index is 0.0111. The van der Waals surface area contributed by atoms with E-state index in [1.54, 1.807) is 6.92 Å². The van der Waals surface area contributed by atoms with Crippen LogP contribution in [-0.2, 0) is 9.59 Å². The molecule has 4 fully saturated rings. The highest BCUT2D eigenvalue weighted by Crippen LogP contribution is 2.51. The van der Waals surface area contributed by atoms with Crippen LogP contribution in [0.5, 0.6) is 11.5 Å². The summed E-state index contributed by atoms with van der Waals surface area (Å²) in [6.07, 6.45) is 6.43. The number of carbonyl (C=O) groups is 3. The van der Waals surface area contributed by atoms with Gasteiger partial charge in [-0.15, -0.1) is 0 Å². The molecule has 1 aromatic rings. The lowest BCUT2D eigenvalue weighted by Gasteiger charge is -2.39. The highest BCUT2D eigenvalue weighted by Gasteiger charge is 2.53. The fraction of sp³-hybridized carbons (Fsp3) is 0.645. The van der Waals surface area contributed by atoms with Crippen molar-refractivity contribution >= 4 is 17.8 Å². The van der Waals surface area contributed by atoms with Crippen LogP contribution in [0.4, 0.5) is 4.39 Å². The van der Waals surface area contributed by atoms with Crippen LogP contribution in [0.25, 0.3) is 0 Å². The maximum Gasteiger partial charge on any atom is 0.309 e. The molecule has 9 heteroatoms. The predicted octanol–water partition coefficient (Wildman–Crippen LogP) is 4.86. The number of hydrogen-bond acceptors (Lipinski definition) is 5. The molecule has 0 unspecified atom stereocenters. The average molecular weight is 557 g/mol. The fourth-order valence-electron chi connectivity index (χ4n) is 7.17. The third-order valence-electron chi connectivity index (χ3n) is 10.1. The van der Waals surface area contributed by atoms with Crippen molar-refractivity contribution in [3.05, 3.63) is 35.7 Å². The summed E-state index contributed by atoms with van der Waals surface area (Å²) < 4.78 is 26.3. The van der Waals surface area contributed by atoms with Gasteiger partial charge in [0.15, 0.2) is 11.6 Å². The summed E-state index contributed by atoms with van der Waals surface area (Å²) in [5.41, 5.74) is 0.510. The molecule has 0 saturated heterocycles. The predicted molar refractivity (Wildman–Crippen MR) is 147 cm³/mol. The number of hydrogen-bond donors (Lipinski definition) is 3. The maximum atomic E-state index is 15.0. The third-order valence-corrected chi connectivity index (χ3v) is 10.1. The van der Waals surface area contributed by atoms with Crippen LogP contribution in [0.1, 0.15) is 82.0 Å². The second-order valence-electron chi connectivity index (χ2n) is 13.0. The molecule has 5 rings (SSSR count). The number of nitrogens with one attached hydrogen (secondary N) is 2. The standard InChI is InChI=1S/C31H41FN2O6/c1-17-12-18-13-20(17)26(25(18)28(36)33-16-30(2)8-5-9-30)34-27(35)21-14-24(22(32)15-23(21)39-4)40-19-6-10-31(3,11-7-19)29(37)38/h14-15,18-20,25-26H,1,5-13,16H2,2-4H3,(H,33,36)(H,34,35)(H,37,38)/t18-,19?,20-,25+,26-,31?/m1/s1. The number of amides is 2. The summed E-state index contributed by atoms with van der Waals surface area (Å²) in [7, 11) is 1.37. The second-order valence-corrected chi connectivity index (χ2v) is 13.0. The zero-order valence-corrected chi connectivity index (χ0v) is 23.7. The van der Waals surface area contributed by atoms with Crippen LogP contribution in [0.2, 0.25) is 0 Å². The molecule has 4 saturated carbocycles. The lowest BCUT2D eigenvalue weighted by atomic mass is 9.70. The summed E-state index contributed by atoms with van der Waals surface area (Å²) in [5, 5.41) is 15.7. The number of halogens is 1. The Labute approximate surface area is 235 Å². The van der Waals surface area contributed by atoms with Gasteiger partial charge >= 0.3 is 5.97 Å². The van der Waals surface area contributed by atoms with E-state index in [1.807, 2.05) is 0 Å². The number of ether oxygens (including phenoxy) is 2. The van der Waals surface area contributed by atoms with Gasteiger partial charge in [-0.1, -0.05) is 25.5 Å². The topological polar surface area (TPSA) is 114 Å². The minimum atomic E-state index is -0.840. The summed E-state index contributed by atoms with van der Waals surface area (Å²) >= 11 is 0. The molecule has 4 atom stereocenters. The van der Waals surface area contributed by atoms with Crippen molar-refractivity contribution in [2.75, 3.05) is 13.7 Å². The maximum absolute atomic E-state index is 15.0. The minimum Gasteiger partial charge on any atom is -0.496 e. The largest absolute Gasteiger partial charge is 0.496 e. The zero-order valence-electron chi connectivity index (χ0n) is 23.7. The van der Waals surface area contributed by atoms with Gasteiger partial charge in [-0.05, 0) is 75.7 Å². The molecule has 0 spiro atoms. The van der Waals surface area contributed by atoms with Gasteiger partial charge < -0.3 is 25.2 Å². The Bertz CT molecular complexity index is 1200. The van der Waals surface area contributed by atoms with Crippen LogP contribution >= 0.6 is 0 Å². The molecule has 8 nitrogen and oxygen atoms in total. The molecule has 4 aliphatic carbocycles. The van der Waals surface area contributed by atoms with E-state index in [0.717, 1.165) is 37.3 Å². The number of methoxy groups -OCH3 is 1. The lowest BCUT2D eigenvalue weighted by Crippen LogP contribution is -2.52. The molecule has 0 aromatic heterocycles. The number of carboxylic acid groups (broad SMARTS) is 1. The highest BCUT2D eigenvalue weighted by molar-refractivity contribution is 5.98. The van der Waals surface area contributed by atoms with Gasteiger partial charge in [0.2, 0.25) is 5.91 Å². The van der Waals surface area contributed by atoms with E-state index in [4.69, 9.17) is 9.47 Å². The molecule has 2 amide bonds. The first-order valence-corrected chi connectivity index (χ1v) is 14.5. The molecule has 40 heavy (non-hydrogen) atoms. The van der Waals surface area contributed by atoms with Crippen molar-refractivity contribution in [2.45, 2.75) is 83.8 Å². The molecule has 2 bridgehead atoms. The summed E-state index contributed by atoms with van der Waals surface area (Å²) in [6.45, 7) is 8.75. The van der Waals surface area contributed by atoms with Crippen LogP contribution < -0.4 is 20.1 Å². The molecule has 1 aromatic carbocycles. The fourth-order valence-corrected chi connectivity index (χ4v) is 7.17. The number of fused-ring (bicyclic) bond motifs is 2. The Morgan fingerprint density at radius 1 is 1.12 bits per heavy atom. The van der Waals surface area contributed by atoms with Crippen molar-refractivity contribution < 1.29 is 33.4 Å². The Morgan fingerprint density at radius 3 is 2.42 bits per heavy atom. The van der Waals surface area contributed by atoms with E-state index in [9.17, 15) is 23.9 Å². The number of carboxylic acids is 1. The van der Waals surface area contributed by atoms with E-state index in [0.29, 0.717) is 32.2 Å². The Balaban J connectivity index is 1.31. The highest BCUT2D eigenvalue weighted by atomic mass is 19.1. The van der Waals surface area contributed by atoms with Crippen molar-refractivity contribution in [1.82, 2.24) is 10.6 Å². The first-order chi connectivity index (χ1) is 18.9. The molecule has 0 aliphatic heterocycles. The first-order valence-electron chi connectivity index (χ1n) is 14.5. The number of aliphatic carboxylic acids is 1. The Hall–Kier alpha value is -3.10. The molecule has 0 heterocycles. The molecule has 0 radical (unpaired) electrons. The third kappa shape index (κ3) is 5.31. The average Bonchev–Trinajstić information content (AvgIpc) is 3.45. The van der Waals surface area contributed by atoms with E-state index in [-0.39, 0.29) is 52.2 Å². The molecular formula is C31H41FN2O6. The quantitative estimate of drug-likeness (QED) is 0.374. The smallest absolute Gasteiger partial charge is 0.309 e. The number of carbonyl (C=O) groups excluding carboxylic acids is 2. The van der Waals surface area contributed by atoms with Crippen LogP contribution in [0.3, 0.4) is 0 Å². The normalized spacial score (nSPS) is 32.2. The van der Waals surface area contributed by atoms with E-state index < -0.39 is 29.2 Å². The van der Waals surface area contributed by atoms with Crippen molar-refractivity contribution in [3.63, 3.8) is 0 Å². The molecule has 218 valence electrons. The van der Waals surface area contributed by atoms with Crippen molar-refractivity contribution in [1.29, 1.82) is 0 Å². The summed E-state index contributed by atoms with van der Waals surface area (Å²) in [4.78, 5) is 38.6. The van der Waals surface area contributed by atoms with Crippen molar-refractivity contribution in [2.24, 2.45) is 28.6 Å². The van der Waals surface area contributed by atoms with Crippen molar-refractivity contribution in [3.8, 4) is 11.5 Å². The van der Waals surface area contributed by atoms with E-state index >= 15 is 0 Å². The van der Waals surface area contributed by atoms with Gasteiger partial charge in [0.1, 0.15) is 5.75 Å². The first kappa shape index (κ1) is 28.4. The number of benzene rings is 1. The van der Waals surface area contributed by atoms with Gasteiger partial charge in [-0.25, -0.2) is 4.39 Å². The molecular weight excluding hydrogens is 515 g/mol. The molecule has 3 N–H and O–H groups in total. The zero-order chi connectivity index (χ0) is 28.8. The van der Waals surface area contributed by atoms with Gasteiger partial charge in [-0.3, -0.25) is 14.4 Å². The van der Waals surface area contributed by atoms with E-state index in [2.05, 4.69) is 24.1 Å². The van der Waals surface area contributed by atoms with Crippen LogP contribution in [0, 0.1) is 34.4 Å². The number of rotatable bonds is 9. The molecule has 4 aliphatic rings.